The SMILES string of the molecule is CCC(CC)C(=O)N1CCc2cc(N)ccc21. The second-order valence-electron chi connectivity index (χ2n) is 4.64. The van der Waals surface area contributed by atoms with Crippen molar-refractivity contribution in [2.45, 2.75) is 33.1 Å². The van der Waals surface area contributed by atoms with Crippen LogP contribution < -0.4 is 10.6 Å². The quantitative estimate of drug-likeness (QED) is 0.814. The summed E-state index contributed by atoms with van der Waals surface area (Å²) in [7, 11) is 0. The van der Waals surface area contributed by atoms with E-state index >= 15 is 0 Å². The molecule has 0 saturated carbocycles. The first-order valence-electron chi connectivity index (χ1n) is 6.37. The summed E-state index contributed by atoms with van der Waals surface area (Å²) in [4.78, 5) is 14.3. The van der Waals surface area contributed by atoms with Crippen LogP contribution in [0.15, 0.2) is 18.2 Å². The van der Waals surface area contributed by atoms with Crippen LogP contribution in [0.2, 0.25) is 0 Å². The number of carbonyl (C=O) groups excluding carboxylic acids is 1. The first-order valence-corrected chi connectivity index (χ1v) is 6.37. The molecule has 17 heavy (non-hydrogen) atoms. The van der Waals surface area contributed by atoms with Crippen LogP contribution >= 0.6 is 0 Å². The molecule has 3 nitrogen and oxygen atoms in total. The Balaban J connectivity index is 2.24. The molecule has 0 aromatic heterocycles. The summed E-state index contributed by atoms with van der Waals surface area (Å²) in [6.07, 6.45) is 2.75. The minimum absolute atomic E-state index is 0.151. The smallest absolute Gasteiger partial charge is 0.230 e. The molecular weight excluding hydrogens is 212 g/mol. The van der Waals surface area contributed by atoms with Crippen LogP contribution in [0.25, 0.3) is 0 Å². The Labute approximate surface area is 103 Å². The third-order valence-corrected chi connectivity index (χ3v) is 3.60. The Morgan fingerprint density at radius 1 is 1.41 bits per heavy atom. The van der Waals surface area contributed by atoms with E-state index in [1.165, 1.54) is 5.56 Å². The molecule has 0 radical (unpaired) electrons. The fraction of sp³-hybridized carbons (Fsp3) is 0.500. The molecule has 1 aromatic rings. The number of anilines is 2. The average molecular weight is 232 g/mol. The van der Waals surface area contributed by atoms with Gasteiger partial charge in [0.15, 0.2) is 0 Å². The molecule has 0 fully saturated rings. The molecule has 1 aliphatic heterocycles. The van der Waals surface area contributed by atoms with E-state index < -0.39 is 0 Å². The highest BCUT2D eigenvalue weighted by molar-refractivity contribution is 5.97. The third kappa shape index (κ3) is 2.14. The van der Waals surface area contributed by atoms with Gasteiger partial charge in [-0.05, 0) is 43.0 Å². The number of hydrogen-bond acceptors (Lipinski definition) is 2. The number of nitrogen functional groups attached to an aromatic ring is 1. The maximum absolute atomic E-state index is 12.3. The van der Waals surface area contributed by atoms with E-state index in [1.54, 1.807) is 0 Å². The minimum atomic E-state index is 0.151. The van der Waals surface area contributed by atoms with Crippen molar-refractivity contribution in [3.05, 3.63) is 23.8 Å². The number of rotatable bonds is 3. The van der Waals surface area contributed by atoms with Gasteiger partial charge in [0, 0.05) is 23.8 Å². The van der Waals surface area contributed by atoms with Gasteiger partial charge in [-0.25, -0.2) is 0 Å². The Morgan fingerprint density at radius 3 is 2.76 bits per heavy atom. The monoisotopic (exact) mass is 232 g/mol. The molecule has 0 unspecified atom stereocenters. The maximum Gasteiger partial charge on any atom is 0.230 e. The van der Waals surface area contributed by atoms with Gasteiger partial charge in [-0.3, -0.25) is 4.79 Å². The molecule has 2 rings (SSSR count). The molecule has 0 saturated heterocycles. The summed E-state index contributed by atoms with van der Waals surface area (Å²) in [5.74, 6) is 0.414. The van der Waals surface area contributed by atoms with Crippen LogP contribution in [-0.4, -0.2) is 12.5 Å². The number of amides is 1. The van der Waals surface area contributed by atoms with Crippen molar-refractivity contribution in [1.29, 1.82) is 0 Å². The summed E-state index contributed by atoms with van der Waals surface area (Å²) < 4.78 is 0. The molecule has 1 aromatic carbocycles. The molecule has 3 heteroatoms. The highest BCUT2D eigenvalue weighted by Gasteiger charge is 2.28. The van der Waals surface area contributed by atoms with Gasteiger partial charge in [-0.1, -0.05) is 13.8 Å². The van der Waals surface area contributed by atoms with Gasteiger partial charge in [0.1, 0.15) is 0 Å². The summed E-state index contributed by atoms with van der Waals surface area (Å²) in [5.41, 5.74) is 8.79. The second kappa shape index (κ2) is 4.78. The number of fused-ring (bicyclic) bond motifs is 1. The molecule has 0 aliphatic carbocycles. The van der Waals surface area contributed by atoms with Crippen molar-refractivity contribution in [3.63, 3.8) is 0 Å². The van der Waals surface area contributed by atoms with Crippen LogP contribution in [0, 0.1) is 5.92 Å². The zero-order valence-electron chi connectivity index (χ0n) is 10.6. The number of benzene rings is 1. The van der Waals surface area contributed by atoms with E-state index in [0.29, 0.717) is 0 Å². The summed E-state index contributed by atoms with van der Waals surface area (Å²) in [6, 6.07) is 5.82. The minimum Gasteiger partial charge on any atom is -0.399 e. The van der Waals surface area contributed by atoms with Gasteiger partial charge >= 0.3 is 0 Å². The number of nitrogens with two attached hydrogens (primary N) is 1. The van der Waals surface area contributed by atoms with E-state index in [1.807, 2.05) is 23.1 Å². The Hall–Kier alpha value is -1.51. The Kier molecular flexibility index (Phi) is 3.36. The van der Waals surface area contributed by atoms with Crippen molar-refractivity contribution in [3.8, 4) is 0 Å². The lowest BCUT2D eigenvalue weighted by Crippen LogP contribution is -2.34. The van der Waals surface area contributed by atoms with Gasteiger partial charge in [-0.15, -0.1) is 0 Å². The summed E-state index contributed by atoms with van der Waals surface area (Å²) >= 11 is 0. The molecule has 1 aliphatic rings. The fourth-order valence-electron chi connectivity index (χ4n) is 2.51. The maximum atomic E-state index is 12.3. The van der Waals surface area contributed by atoms with Crippen LogP contribution in [-0.2, 0) is 11.2 Å². The lowest BCUT2D eigenvalue weighted by Gasteiger charge is -2.22. The third-order valence-electron chi connectivity index (χ3n) is 3.60. The zero-order valence-corrected chi connectivity index (χ0v) is 10.6. The number of nitrogens with zero attached hydrogens (tertiary/aromatic N) is 1. The van der Waals surface area contributed by atoms with E-state index in [4.69, 9.17) is 5.73 Å². The fourth-order valence-corrected chi connectivity index (χ4v) is 2.51. The van der Waals surface area contributed by atoms with Crippen molar-refractivity contribution >= 4 is 17.3 Å². The Bertz CT molecular complexity index is 424. The van der Waals surface area contributed by atoms with Gasteiger partial charge in [0.25, 0.3) is 0 Å². The summed E-state index contributed by atoms with van der Waals surface area (Å²) in [5, 5.41) is 0. The molecular formula is C14H20N2O. The molecule has 2 N–H and O–H groups in total. The first kappa shape index (κ1) is 12.0. The van der Waals surface area contributed by atoms with E-state index in [9.17, 15) is 4.79 Å². The molecule has 0 bridgehead atoms. The van der Waals surface area contributed by atoms with Crippen LogP contribution in [0.5, 0.6) is 0 Å². The van der Waals surface area contributed by atoms with Crippen LogP contribution in [0.1, 0.15) is 32.3 Å². The van der Waals surface area contributed by atoms with Crippen molar-refractivity contribution in [2.75, 3.05) is 17.2 Å². The highest BCUT2D eigenvalue weighted by Crippen LogP contribution is 2.31. The number of hydrogen-bond donors (Lipinski definition) is 1. The molecule has 0 spiro atoms. The van der Waals surface area contributed by atoms with Gasteiger partial charge < -0.3 is 10.6 Å². The van der Waals surface area contributed by atoms with Gasteiger partial charge in [0.2, 0.25) is 5.91 Å². The molecule has 92 valence electrons. The van der Waals surface area contributed by atoms with Crippen molar-refractivity contribution in [2.24, 2.45) is 5.92 Å². The zero-order chi connectivity index (χ0) is 12.4. The van der Waals surface area contributed by atoms with Crippen LogP contribution in [0.4, 0.5) is 11.4 Å². The van der Waals surface area contributed by atoms with Crippen molar-refractivity contribution in [1.82, 2.24) is 0 Å². The highest BCUT2D eigenvalue weighted by atomic mass is 16.2. The standard InChI is InChI=1S/C14H20N2O/c1-3-10(4-2)14(17)16-8-7-11-9-12(15)5-6-13(11)16/h5-6,9-10H,3-4,7-8,15H2,1-2H3. The van der Waals surface area contributed by atoms with Gasteiger partial charge in [-0.2, -0.15) is 0 Å². The predicted molar refractivity (Wildman–Crippen MR) is 71.0 cm³/mol. The summed E-state index contributed by atoms with van der Waals surface area (Å²) in [6.45, 7) is 4.95. The predicted octanol–water partition coefficient (Wildman–Crippen LogP) is 2.59. The Morgan fingerprint density at radius 2 is 2.12 bits per heavy atom. The largest absolute Gasteiger partial charge is 0.399 e. The molecule has 1 heterocycles. The van der Waals surface area contributed by atoms with E-state index in [2.05, 4.69) is 13.8 Å². The lowest BCUT2D eigenvalue weighted by molar-refractivity contribution is -0.122. The van der Waals surface area contributed by atoms with E-state index in [0.717, 1.165) is 37.2 Å². The normalized spacial score (nSPS) is 14.2. The lowest BCUT2D eigenvalue weighted by atomic mass is 10.0. The first-order chi connectivity index (χ1) is 8.17. The van der Waals surface area contributed by atoms with Gasteiger partial charge in [0.05, 0.1) is 0 Å². The number of carbonyl (C=O) groups is 1. The van der Waals surface area contributed by atoms with Crippen LogP contribution in [0.3, 0.4) is 0 Å². The average Bonchev–Trinajstić information content (AvgIpc) is 2.73. The second-order valence-corrected chi connectivity index (χ2v) is 4.64. The molecule has 0 atom stereocenters. The van der Waals surface area contributed by atoms with E-state index in [-0.39, 0.29) is 11.8 Å². The topological polar surface area (TPSA) is 46.3 Å². The molecule has 1 amide bonds. The van der Waals surface area contributed by atoms with Crippen molar-refractivity contribution < 1.29 is 4.79 Å².